The summed E-state index contributed by atoms with van der Waals surface area (Å²) in [6.45, 7) is 5.85. The first-order valence-corrected chi connectivity index (χ1v) is 9.19. The maximum absolute atomic E-state index is 12.6. The number of carbonyl (C=O) groups excluding carboxylic acids is 1. The topological polar surface area (TPSA) is 45.7 Å². The van der Waals surface area contributed by atoms with E-state index in [4.69, 9.17) is 4.74 Å². The van der Waals surface area contributed by atoms with Gasteiger partial charge in [0.1, 0.15) is 5.69 Å². The van der Waals surface area contributed by atoms with Gasteiger partial charge in [-0.05, 0) is 32.2 Å². The van der Waals surface area contributed by atoms with Crippen LogP contribution in [0.5, 0.6) is 0 Å². The molecule has 4 heterocycles. The highest BCUT2D eigenvalue weighted by atomic mass is 32.1. The third kappa shape index (κ3) is 2.68. The number of piperidine rings is 1. The number of hydrogen-bond acceptors (Lipinski definition) is 5. The standard InChI is InChI=1S/C16H23N3O2S/c20-15(14-9-22-12-17-14)19-5-1-3-16(11-19)4-6-18(10-16)13-2-7-21-8-13/h9,12-13H,1-8,10-11H2. The number of nitrogens with zero attached hydrogens (tertiary/aromatic N) is 3. The van der Waals surface area contributed by atoms with E-state index in [1.165, 1.54) is 24.2 Å². The minimum absolute atomic E-state index is 0.114. The summed E-state index contributed by atoms with van der Waals surface area (Å²) < 4.78 is 5.54. The van der Waals surface area contributed by atoms with E-state index in [1.807, 2.05) is 10.3 Å². The minimum atomic E-state index is 0.114. The lowest BCUT2D eigenvalue weighted by atomic mass is 9.79. The van der Waals surface area contributed by atoms with Crippen molar-refractivity contribution < 1.29 is 9.53 Å². The summed E-state index contributed by atoms with van der Waals surface area (Å²) in [7, 11) is 0. The third-order valence-electron chi connectivity index (χ3n) is 5.49. The fourth-order valence-electron chi connectivity index (χ4n) is 4.29. The van der Waals surface area contributed by atoms with Crippen molar-refractivity contribution in [2.75, 3.05) is 39.4 Å². The largest absolute Gasteiger partial charge is 0.380 e. The van der Waals surface area contributed by atoms with Crippen molar-refractivity contribution in [2.24, 2.45) is 5.41 Å². The molecule has 0 aliphatic carbocycles. The zero-order valence-corrected chi connectivity index (χ0v) is 13.7. The summed E-state index contributed by atoms with van der Waals surface area (Å²) in [6, 6.07) is 0.601. The maximum Gasteiger partial charge on any atom is 0.273 e. The zero-order valence-electron chi connectivity index (χ0n) is 12.9. The van der Waals surface area contributed by atoms with Crippen LogP contribution in [0.4, 0.5) is 0 Å². The van der Waals surface area contributed by atoms with Crippen LogP contribution in [0.25, 0.3) is 0 Å². The SMILES string of the molecule is O=C(c1cscn1)N1CCCC2(CCN(C3CCOC3)C2)C1. The maximum atomic E-state index is 12.6. The first-order valence-electron chi connectivity index (χ1n) is 8.25. The molecule has 3 fully saturated rings. The van der Waals surface area contributed by atoms with Crippen molar-refractivity contribution in [2.45, 2.75) is 31.7 Å². The zero-order chi connectivity index (χ0) is 15.0. The molecule has 1 aromatic heterocycles. The Kier molecular flexibility index (Phi) is 3.92. The number of ether oxygens (including phenoxy) is 1. The van der Waals surface area contributed by atoms with Crippen LogP contribution in [0.1, 0.15) is 36.2 Å². The van der Waals surface area contributed by atoms with Gasteiger partial charge in [-0.3, -0.25) is 9.69 Å². The van der Waals surface area contributed by atoms with Gasteiger partial charge in [-0.25, -0.2) is 4.98 Å². The summed E-state index contributed by atoms with van der Waals surface area (Å²) in [5.41, 5.74) is 2.65. The molecule has 0 aromatic carbocycles. The molecule has 3 saturated heterocycles. The van der Waals surface area contributed by atoms with Gasteiger partial charge < -0.3 is 9.64 Å². The van der Waals surface area contributed by atoms with Gasteiger partial charge in [-0.2, -0.15) is 0 Å². The van der Waals surface area contributed by atoms with Gasteiger partial charge in [0.05, 0.1) is 12.1 Å². The number of hydrogen-bond donors (Lipinski definition) is 0. The molecule has 120 valence electrons. The smallest absolute Gasteiger partial charge is 0.273 e. The van der Waals surface area contributed by atoms with Crippen molar-refractivity contribution >= 4 is 17.2 Å². The average Bonchev–Trinajstić information content (AvgIpc) is 3.28. The number of likely N-dealkylation sites (tertiary alicyclic amines) is 2. The van der Waals surface area contributed by atoms with Crippen molar-refractivity contribution in [3.05, 3.63) is 16.6 Å². The number of carbonyl (C=O) groups is 1. The monoisotopic (exact) mass is 321 g/mol. The summed E-state index contributed by atoms with van der Waals surface area (Å²) in [5, 5.41) is 1.86. The summed E-state index contributed by atoms with van der Waals surface area (Å²) >= 11 is 1.49. The highest BCUT2D eigenvalue weighted by molar-refractivity contribution is 7.07. The van der Waals surface area contributed by atoms with Crippen LogP contribution in [-0.2, 0) is 4.74 Å². The van der Waals surface area contributed by atoms with Crippen LogP contribution in [0.2, 0.25) is 0 Å². The minimum Gasteiger partial charge on any atom is -0.380 e. The molecule has 6 heteroatoms. The summed E-state index contributed by atoms with van der Waals surface area (Å²) in [5.74, 6) is 0.114. The molecule has 1 aromatic rings. The Morgan fingerprint density at radius 2 is 2.32 bits per heavy atom. The Morgan fingerprint density at radius 3 is 3.09 bits per heavy atom. The second kappa shape index (κ2) is 5.91. The number of thiazole rings is 1. The van der Waals surface area contributed by atoms with Crippen molar-refractivity contribution in [1.29, 1.82) is 0 Å². The highest BCUT2D eigenvalue weighted by Crippen LogP contribution is 2.40. The number of aromatic nitrogens is 1. The molecule has 5 nitrogen and oxygen atoms in total. The summed E-state index contributed by atoms with van der Waals surface area (Å²) in [6.07, 6.45) is 4.74. The Labute approximate surface area is 135 Å². The summed E-state index contributed by atoms with van der Waals surface area (Å²) in [4.78, 5) is 21.4. The van der Waals surface area contributed by atoms with Gasteiger partial charge in [0.2, 0.25) is 0 Å². The lowest BCUT2D eigenvalue weighted by molar-refractivity contribution is 0.0506. The predicted octanol–water partition coefficient (Wildman–Crippen LogP) is 1.86. The molecule has 0 bridgehead atoms. The van der Waals surface area contributed by atoms with Crippen molar-refractivity contribution in [3.63, 3.8) is 0 Å². The molecular weight excluding hydrogens is 298 g/mol. The highest BCUT2D eigenvalue weighted by Gasteiger charge is 2.44. The van der Waals surface area contributed by atoms with E-state index in [9.17, 15) is 4.79 Å². The van der Waals surface area contributed by atoms with Crippen LogP contribution >= 0.6 is 11.3 Å². The molecule has 2 atom stereocenters. The molecule has 0 saturated carbocycles. The number of rotatable bonds is 2. The molecule has 3 aliphatic heterocycles. The normalized spacial score (nSPS) is 32.9. The van der Waals surface area contributed by atoms with E-state index in [0.717, 1.165) is 52.2 Å². The molecule has 2 unspecified atom stereocenters. The van der Waals surface area contributed by atoms with Gasteiger partial charge in [-0.15, -0.1) is 11.3 Å². The van der Waals surface area contributed by atoms with Crippen LogP contribution in [0.3, 0.4) is 0 Å². The van der Waals surface area contributed by atoms with Gasteiger partial charge in [0, 0.05) is 43.1 Å². The van der Waals surface area contributed by atoms with Gasteiger partial charge >= 0.3 is 0 Å². The molecule has 3 aliphatic rings. The Morgan fingerprint density at radius 1 is 1.36 bits per heavy atom. The van der Waals surface area contributed by atoms with E-state index in [2.05, 4.69) is 9.88 Å². The van der Waals surface area contributed by atoms with E-state index in [0.29, 0.717) is 17.2 Å². The third-order valence-corrected chi connectivity index (χ3v) is 6.08. The molecular formula is C16H23N3O2S. The Balaban J connectivity index is 1.43. The van der Waals surface area contributed by atoms with Crippen molar-refractivity contribution in [1.82, 2.24) is 14.8 Å². The van der Waals surface area contributed by atoms with Crippen LogP contribution in [0, 0.1) is 5.41 Å². The van der Waals surface area contributed by atoms with Gasteiger partial charge in [-0.1, -0.05) is 0 Å². The number of amides is 1. The predicted molar refractivity (Wildman–Crippen MR) is 85.1 cm³/mol. The Hall–Kier alpha value is -0.980. The van der Waals surface area contributed by atoms with Crippen LogP contribution in [0.15, 0.2) is 10.9 Å². The fraction of sp³-hybridized carbons (Fsp3) is 0.750. The fourth-order valence-corrected chi connectivity index (χ4v) is 4.81. The van der Waals surface area contributed by atoms with E-state index >= 15 is 0 Å². The van der Waals surface area contributed by atoms with E-state index in [-0.39, 0.29) is 5.91 Å². The van der Waals surface area contributed by atoms with Crippen molar-refractivity contribution in [3.8, 4) is 0 Å². The second-order valence-electron chi connectivity index (χ2n) is 6.94. The van der Waals surface area contributed by atoms with E-state index < -0.39 is 0 Å². The second-order valence-corrected chi connectivity index (χ2v) is 7.66. The molecule has 4 rings (SSSR count). The molecule has 1 amide bonds. The van der Waals surface area contributed by atoms with Gasteiger partial charge in [0.15, 0.2) is 0 Å². The lowest BCUT2D eigenvalue weighted by Crippen LogP contribution is -2.48. The molecule has 0 radical (unpaired) electrons. The first kappa shape index (κ1) is 14.6. The van der Waals surface area contributed by atoms with Crippen LogP contribution < -0.4 is 0 Å². The quantitative estimate of drug-likeness (QED) is 0.834. The first-order chi connectivity index (χ1) is 10.8. The Bertz CT molecular complexity index is 530. The lowest BCUT2D eigenvalue weighted by Gasteiger charge is -2.40. The molecule has 0 N–H and O–H groups in total. The average molecular weight is 321 g/mol. The van der Waals surface area contributed by atoms with Crippen LogP contribution in [-0.4, -0.2) is 66.1 Å². The van der Waals surface area contributed by atoms with Gasteiger partial charge in [0.25, 0.3) is 5.91 Å². The molecule has 22 heavy (non-hydrogen) atoms. The van der Waals surface area contributed by atoms with E-state index in [1.54, 1.807) is 5.51 Å². The molecule has 1 spiro atoms.